The molecule has 0 bridgehead atoms. The Morgan fingerprint density at radius 1 is 1.23 bits per heavy atom. The monoisotopic (exact) mass is 423 g/mol. The first-order valence-electron chi connectivity index (χ1n) is 10.1. The Hall–Kier alpha value is -2.71. The maximum Gasteiger partial charge on any atom is 0.131 e. The number of piperidine rings is 1. The lowest BCUT2D eigenvalue weighted by atomic mass is 9.70. The van der Waals surface area contributed by atoms with Crippen molar-refractivity contribution in [1.29, 1.82) is 0 Å². The summed E-state index contributed by atoms with van der Waals surface area (Å²) in [7, 11) is 0. The smallest absolute Gasteiger partial charge is 0.131 e. The summed E-state index contributed by atoms with van der Waals surface area (Å²) >= 11 is 1.67. The molecule has 1 fully saturated rings. The Kier molecular flexibility index (Phi) is 4.83. The third-order valence-electron chi connectivity index (χ3n) is 5.93. The fourth-order valence-electron chi connectivity index (χ4n) is 4.35. The summed E-state index contributed by atoms with van der Waals surface area (Å²) in [6.07, 6.45) is 8.31. The minimum absolute atomic E-state index is 0.271. The summed E-state index contributed by atoms with van der Waals surface area (Å²) < 4.78 is 19.4. The highest BCUT2D eigenvalue weighted by molar-refractivity contribution is 7.97. The molecule has 1 aromatic carbocycles. The van der Waals surface area contributed by atoms with Gasteiger partial charge in [-0.15, -0.1) is 0 Å². The molecule has 8 heteroatoms. The number of benzene rings is 1. The van der Waals surface area contributed by atoms with Gasteiger partial charge in [0.1, 0.15) is 17.1 Å². The quantitative estimate of drug-likeness (QED) is 0.462. The normalized spacial score (nSPS) is 21.1. The van der Waals surface area contributed by atoms with E-state index in [4.69, 9.17) is 0 Å². The van der Waals surface area contributed by atoms with E-state index in [0.717, 1.165) is 53.3 Å². The van der Waals surface area contributed by atoms with Crippen molar-refractivity contribution in [3.05, 3.63) is 65.4 Å². The van der Waals surface area contributed by atoms with E-state index in [1.165, 1.54) is 12.1 Å². The molecule has 2 aliphatic rings. The Morgan fingerprint density at radius 3 is 2.83 bits per heavy atom. The fraction of sp³-hybridized carbons (Fsp3) is 0.318. The molecular weight excluding hydrogens is 401 g/mol. The number of carbonyl (C=O) groups excluding carboxylic acids is 1. The molecule has 1 atom stereocenters. The van der Waals surface area contributed by atoms with Gasteiger partial charge in [0.25, 0.3) is 0 Å². The predicted molar refractivity (Wildman–Crippen MR) is 114 cm³/mol. The zero-order valence-electron chi connectivity index (χ0n) is 16.7. The van der Waals surface area contributed by atoms with Crippen LogP contribution in [-0.2, 0) is 17.8 Å². The van der Waals surface area contributed by atoms with Crippen LogP contribution in [0.2, 0.25) is 0 Å². The van der Waals surface area contributed by atoms with Gasteiger partial charge in [0.15, 0.2) is 0 Å². The van der Waals surface area contributed by atoms with Crippen LogP contribution in [-0.4, -0.2) is 43.2 Å². The van der Waals surface area contributed by atoms with E-state index < -0.39 is 5.41 Å². The number of hydrogen-bond acceptors (Lipinski definition) is 5. The average molecular weight is 424 g/mol. The second-order valence-corrected chi connectivity index (χ2v) is 8.87. The van der Waals surface area contributed by atoms with Crippen molar-refractivity contribution in [2.75, 3.05) is 13.1 Å². The molecule has 0 radical (unpaired) electrons. The minimum atomic E-state index is -0.536. The molecule has 154 valence electrons. The highest BCUT2D eigenvalue weighted by Crippen LogP contribution is 2.45. The van der Waals surface area contributed by atoms with E-state index in [1.807, 2.05) is 27.8 Å². The number of fused-ring (bicyclic) bond motifs is 2. The summed E-state index contributed by atoms with van der Waals surface area (Å²) in [5.41, 5.74) is 3.45. The first kappa shape index (κ1) is 19.3. The van der Waals surface area contributed by atoms with Gasteiger partial charge in [0, 0.05) is 19.6 Å². The summed E-state index contributed by atoms with van der Waals surface area (Å²) in [4.78, 5) is 12.3. The minimum Gasteiger partial charge on any atom is -0.302 e. The molecule has 3 heterocycles. The zero-order chi connectivity index (χ0) is 20.7. The van der Waals surface area contributed by atoms with E-state index >= 15 is 0 Å². The van der Waals surface area contributed by atoms with Crippen LogP contribution in [0.15, 0.2) is 53.3 Å². The molecule has 6 nitrogen and oxygen atoms in total. The Morgan fingerprint density at radius 2 is 2.07 bits per heavy atom. The summed E-state index contributed by atoms with van der Waals surface area (Å²) in [6, 6.07) is 8.33. The standard InChI is InChI=1S/C22H22FN5OS/c1-2-27-21(7-9-24-27)30-26-10-8-17-11-20-16(12-22(17,14-26)15-29)13-25-28(20)19-5-3-18(23)4-6-19/h3-7,9,11,13,15H,2,8,10,12,14H2,1H3. The van der Waals surface area contributed by atoms with Crippen molar-refractivity contribution < 1.29 is 9.18 Å². The van der Waals surface area contributed by atoms with Crippen molar-refractivity contribution in [2.24, 2.45) is 5.41 Å². The number of nitrogens with zero attached hydrogens (tertiary/aromatic N) is 5. The molecule has 1 saturated heterocycles. The highest BCUT2D eigenvalue weighted by Gasteiger charge is 2.43. The lowest BCUT2D eigenvalue weighted by Crippen LogP contribution is -2.45. The zero-order valence-corrected chi connectivity index (χ0v) is 17.5. The van der Waals surface area contributed by atoms with Crippen molar-refractivity contribution in [2.45, 2.75) is 31.3 Å². The molecule has 1 aliphatic heterocycles. The maximum atomic E-state index is 13.3. The Bertz CT molecular complexity index is 1120. The molecule has 1 unspecified atom stereocenters. The van der Waals surface area contributed by atoms with E-state index in [1.54, 1.807) is 24.1 Å². The number of aldehydes is 1. The van der Waals surface area contributed by atoms with Gasteiger partial charge in [-0.25, -0.2) is 13.4 Å². The van der Waals surface area contributed by atoms with Gasteiger partial charge in [-0.2, -0.15) is 10.2 Å². The molecule has 3 aromatic rings. The first-order chi connectivity index (χ1) is 14.6. The van der Waals surface area contributed by atoms with Crippen LogP contribution in [0.1, 0.15) is 24.6 Å². The van der Waals surface area contributed by atoms with E-state index in [2.05, 4.69) is 27.5 Å². The van der Waals surface area contributed by atoms with Gasteiger partial charge in [0.05, 0.1) is 29.2 Å². The third-order valence-corrected chi connectivity index (χ3v) is 7.03. The van der Waals surface area contributed by atoms with Crippen LogP contribution in [0.25, 0.3) is 11.8 Å². The highest BCUT2D eigenvalue weighted by atomic mass is 32.2. The van der Waals surface area contributed by atoms with E-state index in [0.29, 0.717) is 13.0 Å². The van der Waals surface area contributed by atoms with Gasteiger partial charge in [0.2, 0.25) is 0 Å². The van der Waals surface area contributed by atoms with Gasteiger partial charge >= 0.3 is 0 Å². The van der Waals surface area contributed by atoms with Crippen molar-refractivity contribution in [1.82, 2.24) is 23.9 Å². The molecule has 2 aromatic heterocycles. The second kappa shape index (κ2) is 7.52. The van der Waals surface area contributed by atoms with Gasteiger partial charge in [-0.05, 0) is 73.7 Å². The van der Waals surface area contributed by atoms with Crippen molar-refractivity contribution in [3.8, 4) is 5.69 Å². The largest absolute Gasteiger partial charge is 0.302 e. The maximum absolute atomic E-state index is 13.3. The third kappa shape index (κ3) is 3.20. The van der Waals surface area contributed by atoms with Crippen molar-refractivity contribution >= 4 is 24.3 Å². The SMILES string of the molecule is CCn1nccc1SN1CCC2=Cc3c(cnn3-c3ccc(F)cc3)CC2(C=O)C1. The molecular formula is C22H22FN5OS. The van der Waals surface area contributed by atoms with Crippen molar-refractivity contribution in [3.63, 3.8) is 0 Å². The number of carbonyl (C=O) groups is 1. The molecule has 0 amide bonds. The van der Waals surface area contributed by atoms with Crippen LogP contribution < -0.4 is 0 Å². The van der Waals surface area contributed by atoms with Crippen LogP contribution in [0.4, 0.5) is 4.39 Å². The lowest BCUT2D eigenvalue weighted by Gasteiger charge is -2.42. The topological polar surface area (TPSA) is 56.0 Å². The first-order valence-corrected chi connectivity index (χ1v) is 10.8. The molecule has 0 N–H and O–H groups in total. The summed E-state index contributed by atoms with van der Waals surface area (Å²) in [5, 5.41) is 9.96. The van der Waals surface area contributed by atoms with Gasteiger partial charge < -0.3 is 4.79 Å². The summed E-state index contributed by atoms with van der Waals surface area (Å²) in [5.74, 6) is -0.271. The Labute approximate surface area is 178 Å². The molecule has 0 saturated carbocycles. The van der Waals surface area contributed by atoms with Gasteiger partial charge in [-0.1, -0.05) is 5.57 Å². The Balaban J connectivity index is 1.44. The number of rotatable bonds is 5. The lowest BCUT2D eigenvalue weighted by molar-refractivity contribution is -0.115. The predicted octanol–water partition coefficient (Wildman–Crippen LogP) is 3.77. The second-order valence-electron chi connectivity index (χ2n) is 7.75. The molecule has 0 spiro atoms. The molecule has 1 aliphatic carbocycles. The van der Waals surface area contributed by atoms with Crippen LogP contribution in [0.5, 0.6) is 0 Å². The number of halogens is 1. The van der Waals surface area contributed by atoms with E-state index in [-0.39, 0.29) is 5.82 Å². The fourth-order valence-corrected chi connectivity index (χ4v) is 5.48. The van der Waals surface area contributed by atoms with Gasteiger partial charge in [-0.3, -0.25) is 4.68 Å². The number of aromatic nitrogens is 4. The molecule has 30 heavy (non-hydrogen) atoms. The number of aryl methyl sites for hydroxylation is 1. The number of hydrogen-bond donors (Lipinski definition) is 0. The van der Waals surface area contributed by atoms with Crippen LogP contribution in [0.3, 0.4) is 0 Å². The van der Waals surface area contributed by atoms with E-state index in [9.17, 15) is 9.18 Å². The molecule has 5 rings (SSSR count). The summed E-state index contributed by atoms with van der Waals surface area (Å²) in [6.45, 7) is 4.41. The average Bonchev–Trinajstić information content (AvgIpc) is 3.38. The van der Waals surface area contributed by atoms with Crippen LogP contribution >= 0.6 is 11.9 Å². The van der Waals surface area contributed by atoms with Crippen LogP contribution in [0, 0.1) is 11.2 Å².